The second-order valence-corrected chi connectivity index (χ2v) is 6.35. The Labute approximate surface area is 140 Å². The average molecular weight is 332 g/mol. The first-order chi connectivity index (χ1) is 11.5. The Morgan fingerprint density at radius 2 is 2.17 bits per heavy atom. The predicted octanol–water partition coefficient (Wildman–Crippen LogP) is 0.468. The molecule has 0 spiro atoms. The highest BCUT2D eigenvalue weighted by molar-refractivity contribution is 5.76. The van der Waals surface area contributed by atoms with Crippen LogP contribution in [0.5, 0.6) is 0 Å². The number of hydrogen-bond acceptors (Lipinski definition) is 4. The van der Waals surface area contributed by atoms with Crippen LogP contribution >= 0.6 is 0 Å². The van der Waals surface area contributed by atoms with Crippen LogP contribution < -0.4 is 11.0 Å². The van der Waals surface area contributed by atoms with E-state index >= 15 is 0 Å². The van der Waals surface area contributed by atoms with Gasteiger partial charge in [-0.25, -0.2) is 9.89 Å². The first-order valence-corrected chi connectivity index (χ1v) is 8.46. The first kappa shape index (κ1) is 16.5. The van der Waals surface area contributed by atoms with E-state index < -0.39 is 0 Å². The van der Waals surface area contributed by atoms with Crippen molar-refractivity contribution >= 4 is 5.91 Å². The molecule has 0 fully saturated rings. The van der Waals surface area contributed by atoms with Crippen molar-refractivity contribution in [3.8, 4) is 0 Å². The normalized spacial score (nSPS) is 17.4. The lowest BCUT2D eigenvalue weighted by Gasteiger charge is -2.16. The molecule has 2 N–H and O–H groups in total. The van der Waals surface area contributed by atoms with Gasteiger partial charge in [0.25, 0.3) is 0 Å². The molecule has 130 valence electrons. The fourth-order valence-corrected chi connectivity index (χ4v) is 3.46. The molecule has 8 heteroatoms. The third-order valence-electron chi connectivity index (χ3n) is 4.80. The van der Waals surface area contributed by atoms with E-state index in [2.05, 4.69) is 27.5 Å². The van der Waals surface area contributed by atoms with Crippen molar-refractivity contribution < 1.29 is 4.79 Å². The number of nitrogens with zero attached hydrogens (tertiary/aromatic N) is 4. The summed E-state index contributed by atoms with van der Waals surface area (Å²) in [6.07, 6.45) is 3.12. The van der Waals surface area contributed by atoms with Gasteiger partial charge in [0.1, 0.15) is 12.4 Å². The van der Waals surface area contributed by atoms with E-state index in [0.29, 0.717) is 13.0 Å². The zero-order chi connectivity index (χ0) is 17.3. The van der Waals surface area contributed by atoms with E-state index in [0.717, 1.165) is 36.5 Å². The van der Waals surface area contributed by atoms with Gasteiger partial charge in [0, 0.05) is 24.7 Å². The van der Waals surface area contributed by atoms with E-state index in [9.17, 15) is 9.59 Å². The van der Waals surface area contributed by atoms with E-state index in [1.54, 1.807) is 9.25 Å². The molecule has 1 amide bonds. The quantitative estimate of drug-likeness (QED) is 0.850. The summed E-state index contributed by atoms with van der Waals surface area (Å²) in [5.74, 6) is 0.726. The minimum absolute atomic E-state index is 0.0401. The highest BCUT2D eigenvalue weighted by Gasteiger charge is 2.21. The SMILES string of the molecule is CCc1c(C)nn(CC(=O)NC2CCc3n[nH]c(=O)n3CC2)c1C. The van der Waals surface area contributed by atoms with Gasteiger partial charge in [-0.15, -0.1) is 0 Å². The lowest BCUT2D eigenvalue weighted by molar-refractivity contribution is -0.122. The topological polar surface area (TPSA) is 97.6 Å². The fourth-order valence-electron chi connectivity index (χ4n) is 3.46. The van der Waals surface area contributed by atoms with E-state index in [-0.39, 0.29) is 24.2 Å². The lowest BCUT2D eigenvalue weighted by atomic mass is 10.1. The van der Waals surface area contributed by atoms with Gasteiger partial charge in [-0.05, 0) is 38.7 Å². The summed E-state index contributed by atoms with van der Waals surface area (Å²) in [6, 6.07) is 0.0567. The summed E-state index contributed by atoms with van der Waals surface area (Å²) in [5, 5.41) is 14.0. The smallest absolute Gasteiger partial charge is 0.343 e. The predicted molar refractivity (Wildman–Crippen MR) is 88.8 cm³/mol. The summed E-state index contributed by atoms with van der Waals surface area (Å²) >= 11 is 0. The van der Waals surface area contributed by atoms with E-state index in [4.69, 9.17) is 0 Å². The highest BCUT2D eigenvalue weighted by atomic mass is 16.2. The van der Waals surface area contributed by atoms with Crippen molar-refractivity contribution in [2.45, 2.75) is 65.6 Å². The second-order valence-electron chi connectivity index (χ2n) is 6.35. The minimum Gasteiger partial charge on any atom is -0.352 e. The molecular formula is C16H24N6O2. The monoisotopic (exact) mass is 332 g/mol. The molecule has 3 heterocycles. The number of carbonyl (C=O) groups is 1. The zero-order valence-electron chi connectivity index (χ0n) is 14.4. The molecule has 0 saturated carbocycles. The maximum absolute atomic E-state index is 12.4. The van der Waals surface area contributed by atoms with Crippen LogP contribution in [0.25, 0.3) is 0 Å². The van der Waals surface area contributed by atoms with Crippen molar-refractivity contribution in [3.05, 3.63) is 33.3 Å². The van der Waals surface area contributed by atoms with Crippen molar-refractivity contribution in [3.63, 3.8) is 0 Å². The van der Waals surface area contributed by atoms with Gasteiger partial charge in [-0.3, -0.25) is 14.0 Å². The van der Waals surface area contributed by atoms with Crippen LogP contribution in [0.2, 0.25) is 0 Å². The van der Waals surface area contributed by atoms with Crippen LogP contribution in [0.4, 0.5) is 0 Å². The Hall–Kier alpha value is -2.38. The Bertz CT molecular complexity index is 800. The third kappa shape index (κ3) is 3.13. The van der Waals surface area contributed by atoms with Crippen LogP contribution in [-0.2, 0) is 30.7 Å². The van der Waals surface area contributed by atoms with Crippen LogP contribution in [-0.4, -0.2) is 36.5 Å². The molecule has 1 aliphatic rings. The number of aromatic amines is 1. The van der Waals surface area contributed by atoms with Crippen molar-refractivity contribution in [2.75, 3.05) is 0 Å². The fraction of sp³-hybridized carbons (Fsp3) is 0.625. The van der Waals surface area contributed by atoms with Gasteiger partial charge in [-0.2, -0.15) is 10.2 Å². The molecular weight excluding hydrogens is 308 g/mol. The van der Waals surface area contributed by atoms with E-state index in [1.807, 2.05) is 13.8 Å². The molecule has 24 heavy (non-hydrogen) atoms. The van der Waals surface area contributed by atoms with Gasteiger partial charge in [0.15, 0.2) is 0 Å². The first-order valence-electron chi connectivity index (χ1n) is 8.46. The molecule has 0 radical (unpaired) electrons. The number of hydrogen-bond donors (Lipinski definition) is 2. The summed E-state index contributed by atoms with van der Waals surface area (Å²) in [5.41, 5.74) is 3.08. The average Bonchev–Trinajstić information content (AvgIpc) is 2.93. The highest BCUT2D eigenvalue weighted by Crippen LogP contribution is 2.14. The van der Waals surface area contributed by atoms with Crippen molar-refractivity contribution in [1.82, 2.24) is 29.9 Å². The molecule has 3 rings (SSSR count). The number of nitrogens with one attached hydrogen (secondary N) is 2. The Morgan fingerprint density at radius 1 is 1.38 bits per heavy atom. The molecule has 2 aromatic heterocycles. The number of fused-ring (bicyclic) bond motifs is 1. The molecule has 0 aromatic carbocycles. The van der Waals surface area contributed by atoms with E-state index in [1.165, 1.54) is 5.56 Å². The Kier molecular flexibility index (Phi) is 4.55. The molecule has 0 saturated heterocycles. The molecule has 8 nitrogen and oxygen atoms in total. The molecule has 1 unspecified atom stereocenters. The summed E-state index contributed by atoms with van der Waals surface area (Å²) in [7, 11) is 0. The number of H-pyrrole nitrogens is 1. The molecule has 1 aliphatic heterocycles. The minimum atomic E-state index is -0.174. The van der Waals surface area contributed by atoms with Gasteiger partial charge in [0.05, 0.1) is 5.69 Å². The standard InChI is InChI=1S/C16H24N6O2/c1-4-13-10(2)20-22(11(13)3)9-15(23)17-12-5-6-14-18-19-16(24)21(14)8-7-12/h12H,4-9H2,1-3H3,(H,17,23)(H,19,24). The van der Waals surface area contributed by atoms with Crippen molar-refractivity contribution in [2.24, 2.45) is 0 Å². The summed E-state index contributed by atoms with van der Waals surface area (Å²) < 4.78 is 3.43. The number of amides is 1. The Morgan fingerprint density at radius 3 is 2.88 bits per heavy atom. The largest absolute Gasteiger partial charge is 0.352 e. The third-order valence-corrected chi connectivity index (χ3v) is 4.80. The van der Waals surface area contributed by atoms with Gasteiger partial charge in [0.2, 0.25) is 5.91 Å². The lowest BCUT2D eigenvalue weighted by Crippen LogP contribution is -2.38. The molecule has 0 aliphatic carbocycles. The Balaban J connectivity index is 1.61. The van der Waals surface area contributed by atoms with Gasteiger partial charge in [-0.1, -0.05) is 6.92 Å². The summed E-state index contributed by atoms with van der Waals surface area (Å²) in [4.78, 5) is 24.0. The van der Waals surface area contributed by atoms with Crippen LogP contribution in [0.1, 0.15) is 42.5 Å². The molecule has 0 bridgehead atoms. The zero-order valence-corrected chi connectivity index (χ0v) is 14.4. The van der Waals surface area contributed by atoms with Crippen LogP contribution in [0.3, 0.4) is 0 Å². The van der Waals surface area contributed by atoms with Crippen LogP contribution in [0.15, 0.2) is 4.79 Å². The molecule has 2 aromatic rings. The number of rotatable bonds is 4. The summed E-state index contributed by atoms with van der Waals surface area (Å²) in [6.45, 7) is 6.88. The number of carbonyl (C=O) groups excluding carboxylic acids is 1. The number of aromatic nitrogens is 5. The number of aryl methyl sites for hydroxylation is 2. The van der Waals surface area contributed by atoms with Gasteiger partial charge >= 0.3 is 5.69 Å². The maximum Gasteiger partial charge on any atom is 0.343 e. The maximum atomic E-state index is 12.4. The van der Waals surface area contributed by atoms with Crippen molar-refractivity contribution in [1.29, 1.82) is 0 Å². The van der Waals surface area contributed by atoms with Crippen LogP contribution in [0, 0.1) is 13.8 Å². The van der Waals surface area contributed by atoms with Gasteiger partial charge < -0.3 is 5.32 Å². The molecule has 1 atom stereocenters. The second kappa shape index (κ2) is 6.62.